The van der Waals surface area contributed by atoms with E-state index in [4.69, 9.17) is 17.2 Å². The summed E-state index contributed by atoms with van der Waals surface area (Å²) in [5.74, 6) is -11.3. The molecule has 0 bridgehead atoms. The van der Waals surface area contributed by atoms with Crippen LogP contribution < -0.4 is 70.4 Å². The Morgan fingerprint density at radius 3 is 1.44 bits per heavy atom. The molecule has 0 spiro atoms. The van der Waals surface area contributed by atoms with E-state index in [1.165, 1.54) is 38.2 Å². The maximum Gasteiger partial charge on any atom is 0.245 e. The van der Waals surface area contributed by atoms with Gasteiger partial charge in [0.25, 0.3) is 0 Å². The number of fused-ring (bicyclic) bond motifs is 1. The highest BCUT2D eigenvalue weighted by Crippen LogP contribution is 2.24. The van der Waals surface area contributed by atoms with Crippen molar-refractivity contribution < 1.29 is 73.2 Å². The molecule has 7 rings (SSSR count). The first-order valence-electron chi connectivity index (χ1n) is 35.7. The number of carbonyl (C=O) groups is 11. The van der Waals surface area contributed by atoms with Crippen molar-refractivity contribution in [3.63, 3.8) is 0 Å². The van der Waals surface area contributed by atoms with E-state index < -0.39 is 150 Å². The molecule has 0 radical (unpaired) electrons. The van der Waals surface area contributed by atoms with E-state index in [1.807, 2.05) is 62.4 Å². The lowest BCUT2D eigenvalue weighted by Crippen LogP contribution is -2.63. The van der Waals surface area contributed by atoms with Crippen LogP contribution in [0.4, 0.5) is 0 Å². The van der Waals surface area contributed by atoms with E-state index in [-0.39, 0.29) is 68.4 Å². The number of hydrogen-bond donors (Lipinski definition) is 17. The van der Waals surface area contributed by atoms with Crippen molar-refractivity contribution in [3.05, 3.63) is 185 Å². The molecule has 31 heteroatoms. The molecule has 0 unspecified atom stereocenters. The molecular formula is C77H100N14O15S2. The Kier molecular flexibility index (Phi) is 33.6. The number of carbonyl (C=O) groups excluding carboxylic acids is 11. The summed E-state index contributed by atoms with van der Waals surface area (Å²) in [6.07, 6.45) is -3.77. The van der Waals surface area contributed by atoms with Gasteiger partial charge >= 0.3 is 0 Å². The molecule has 20 N–H and O–H groups in total. The molecule has 6 aromatic carbocycles. The second-order valence-corrected chi connectivity index (χ2v) is 29.6. The fourth-order valence-electron chi connectivity index (χ4n) is 11.8. The minimum atomic E-state index is -1.93. The normalized spacial score (nSPS) is 23.5. The van der Waals surface area contributed by atoms with Crippen LogP contribution in [0.2, 0.25) is 0 Å². The molecule has 13 atom stereocenters. The molecule has 1 fully saturated rings. The molecule has 1 saturated heterocycles. The number of nitrogens with one attached hydrogen (secondary N) is 10. The van der Waals surface area contributed by atoms with Crippen molar-refractivity contribution in [1.29, 1.82) is 0 Å². The molecule has 108 heavy (non-hydrogen) atoms. The number of likely N-dealkylation sites (N-methyl/N-ethyl adjacent to an activating group) is 1. The molecule has 1 aliphatic heterocycles. The molecule has 1 aliphatic rings. The van der Waals surface area contributed by atoms with Gasteiger partial charge in [-0.25, -0.2) is 0 Å². The summed E-state index contributed by atoms with van der Waals surface area (Å²) >= 11 is 0. The average molecular weight is 1530 g/mol. The first-order valence-corrected chi connectivity index (χ1v) is 38.2. The van der Waals surface area contributed by atoms with Gasteiger partial charge in [-0.15, -0.1) is 0 Å². The average Bonchev–Trinajstić information content (AvgIpc) is 0.819. The van der Waals surface area contributed by atoms with Gasteiger partial charge in [-0.3, -0.25) is 52.7 Å². The molecule has 0 aliphatic carbocycles. The van der Waals surface area contributed by atoms with Crippen molar-refractivity contribution >= 4 is 97.3 Å². The van der Waals surface area contributed by atoms with Gasteiger partial charge < -0.3 is 95.7 Å². The van der Waals surface area contributed by atoms with E-state index in [0.29, 0.717) is 47.2 Å². The zero-order valence-electron chi connectivity index (χ0n) is 61.0. The number of primary amides is 1. The van der Waals surface area contributed by atoms with Crippen LogP contribution in [0.15, 0.2) is 152 Å². The molecule has 0 aromatic heterocycles. The second-order valence-electron chi connectivity index (χ2n) is 27.1. The molecule has 580 valence electrons. The number of nitrogens with zero attached hydrogens (tertiary/aromatic N) is 1. The van der Waals surface area contributed by atoms with Gasteiger partial charge in [0.05, 0.1) is 24.9 Å². The van der Waals surface area contributed by atoms with Crippen LogP contribution in [0.1, 0.15) is 80.3 Å². The van der Waals surface area contributed by atoms with Crippen LogP contribution in [0.3, 0.4) is 0 Å². The number of unbranched alkanes of at least 4 members (excludes halogenated alkanes) is 1. The summed E-state index contributed by atoms with van der Waals surface area (Å²) in [6.45, 7) is 5.93. The van der Waals surface area contributed by atoms with Gasteiger partial charge in [-0.2, -0.15) is 0 Å². The van der Waals surface area contributed by atoms with Crippen molar-refractivity contribution in [2.24, 2.45) is 17.2 Å². The number of hydrogen-bond acceptors (Lipinski definition) is 20. The van der Waals surface area contributed by atoms with Gasteiger partial charge in [-0.1, -0.05) is 175 Å². The standard InChI is InChI=1S/C77H100N14O15S2/c1-44(2)81-40-51-25-23-50(24-26-51)39-64-74(103)90-66(46(4)94)75(104)85-60(37-49-28-31-55(95)32-29-49)72(101)89-65(45(3)93)76(105)87-62(41-92)73(102)88-63(67(80)96)43-108-107-42-56(79)68(97)82-57(22-14-15-33-78)69(98)83-58(35-47-16-8-6-9-17-47)70(99)84-59(36-48-18-10-7-11-19-48)71(100)86-61(77(106)91(64)5)38-52-27-30-53-20-12-13-21-54(53)34-52/h6-13,16-21,23-32,34,44-46,56-66,81,92-95H,14-15,22,33,35-43,78-79H2,1-5H3,(H2,80,96)(H,82,97)(H,83,98)(H,84,99)(H,85,104)(H,86,100)(H,87,105)(H,88,102)(H,89,101)(H,90,103)/t45-,46-,56+,57+,58+,59+,60+,61-,62+,63+,64+,65+,66+/m1/s1. The lowest BCUT2D eigenvalue weighted by atomic mass is 9.97. The van der Waals surface area contributed by atoms with Crippen LogP contribution in [-0.2, 0) is 91.4 Å². The predicted octanol–water partition coefficient (Wildman–Crippen LogP) is -0.163. The number of benzene rings is 6. The maximum atomic E-state index is 15.9. The van der Waals surface area contributed by atoms with Crippen LogP contribution in [0.5, 0.6) is 5.75 Å². The van der Waals surface area contributed by atoms with Crippen LogP contribution >= 0.6 is 21.6 Å². The summed E-state index contributed by atoms with van der Waals surface area (Å²) < 4.78 is 0. The Balaban J connectivity index is 1.34. The molecule has 29 nitrogen and oxygen atoms in total. The highest BCUT2D eigenvalue weighted by Gasteiger charge is 2.40. The Bertz CT molecular complexity index is 4020. The molecule has 0 saturated carbocycles. The zero-order chi connectivity index (χ0) is 78.6. The topological polar surface area (TPSA) is 470 Å². The largest absolute Gasteiger partial charge is 0.508 e. The second kappa shape index (κ2) is 42.5. The van der Waals surface area contributed by atoms with Gasteiger partial charge in [0.1, 0.15) is 66.2 Å². The Labute approximate surface area is 635 Å². The smallest absolute Gasteiger partial charge is 0.245 e. The molecule has 1 heterocycles. The van der Waals surface area contributed by atoms with E-state index in [9.17, 15) is 54.0 Å². The van der Waals surface area contributed by atoms with Crippen molar-refractivity contribution in [3.8, 4) is 5.75 Å². The lowest BCUT2D eigenvalue weighted by Gasteiger charge is -2.33. The number of aliphatic hydroxyl groups is 3. The minimum absolute atomic E-state index is 0.0384. The first-order chi connectivity index (χ1) is 51.6. The number of aliphatic hydroxyl groups excluding tert-OH is 3. The third kappa shape index (κ3) is 26.5. The highest BCUT2D eigenvalue weighted by molar-refractivity contribution is 8.76. The summed E-state index contributed by atoms with van der Waals surface area (Å²) in [7, 11) is 3.29. The Morgan fingerprint density at radius 1 is 0.481 bits per heavy atom. The summed E-state index contributed by atoms with van der Waals surface area (Å²) in [4.78, 5) is 162. The molecule has 11 amide bonds. The first kappa shape index (κ1) is 85.3. The lowest BCUT2D eigenvalue weighted by molar-refractivity contribution is -0.143. The van der Waals surface area contributed by atoms with Crippen LogP contribution in [-0.4, -0.2) is 207 Å². The number of phenolic OH excluding ortho intramolecular Hbond substituents is 1. The Hall–Kier alpha value is -9.99. The van der Waals surface area contributed by atoms with Gasteiger partial charge in [0, 0.05) is 63.2 Å². The van der Waals surface area contributed by atoms with Gasteiger partial charge in [0.15, 0.2) is 0 Å². The number of rotatable bonds is 21. The minimum Gasteiger partial charge on any atom is -0.508 e. The van der Waals surface area contributed by atoms with Crippen LogP contribution in [0, 0.1) is 0 Å². The number of aromatic hydroxyl groups is 1. The fraction of sp³-hybridized carbons (Fsp3) is 0.416. The third-order valence-corrected chi connectivity index (χ3v) is 20.5. The van der Waals surface area contributed by atoms with E-state index in [0.717, 1.165) is 49.7 Å². The van der Waals surface area contributed by atoms with Crippen molar-refractivity contribution in [2.75, 3.05) is 31.7 Å². The third-order valence-electron chi connectivity index (χ3n) is 18.1. The van der Waals surface area contributed by atoms with E-state index >= 15 is 19.2 Å². The summed E-state index contributed by atoms with van der Waals surface area (Å²) in [5.41, 5.74) is 21.5. The highest BCUT2D eigenvalue weighted by atomic mass is 33.1. The van der Waals surface area contributed by atoms with E-state index in [2.05, 4.69) is 53.2 Å². The van der Waals surface area contributed by atoms with Crippen LogP contribution in [0.25, 0.3) is 10.8 Å². The maximum absolute atomic E-state index is 15.9. The van der Waals surface area contributed by atoms with Gasteiger partial charge in [0.2, 0.25) is 65.0 Å². The quantitative estimate of drug-likeness (QED) is 0.0329. The molecule has 6 aromatic rings. The Morgan fingerprint density at radius 2 is 0.907 bits per heavy atom. The monoisotopic (exact) mass is 1520 g/mol. The van der Waals surface area contributed by atoms with E-state index in [1.54, 1.807) is 78.9 Å². The SMILES string of the molecule is CC(C)NCc1ccc(C[C@H]2C(=O)N[C@@H]([C@@H](C)O)C(=O)N[C@@H](Cc3ccc(O)cc3)C(=O)N[C@@H]([C@@H](C)O)C(=O)N[C@@H](CO)C(=O)N[C@H](C(N)=O)CSSC[C@H](N)C(=O)N[C@@H](CCCCN)C(=O)N[C@@H](Cc3ccccc3)C(=O)N[C@@H](Cc3ccccc3)C(=O)N[C@H](Cc3ccc4ccccc4c3)C(=O)N2C)cc1. The van der Waals surface area contributed by atoms with Gasteiger partial charge in [-0.05, 0) is 95.9 Å². The van der Waals surface area contributed by atoms with Crippen molar-refractivity contribution in [1.82, 2.24) is 58.1 Å². The predicted molar refractivity (Wildman–Crippen MR) is 411 cm³/mol. The summed E-state index contributed by atoms with van der Waals surface area (Å²) in [5, 5.41) is 71.7. The summed E-state index contributed by atoms with van der Waals surface area (Å²) in [6, 6.07) is 25.6. The number of phenols is 1. The van der Waals surface area contributed by atoms with Crippen molar-refractivity contribution in [2.45, 2.75) is 170 Å². The zero-order valence-corrected chi connectivity index (χ0v) is 62.6. The fourth-order valence-corrected chi connectivity index (χ4v) is 14.1. The number of amides is 11. The number of nitrogens with two attached hydrogens (primary N) is 3. The molecular weight excluding hydrogens is 1430 g/mol.